The molecule has 158 valence electrons. The Labute approximate surface area is 170 Å². The van der Waals surface area contributed by atoms with Crippen molar-refractivity contribution in [2.75, 3.05) is 6.54 Å². The van der Waals surface area contributed by atoms with Crippen LogP contribution in [-0.4, -0.2) is 34.9 Å². The highest BCUT2D eigenvalue weighted by atomic mass is 19.1. The number of hydrazine groups is 1. The lowest BCUT2D eigenvalue weighted by atomic mass is 9.77. The number of nitrogens with zero attached hydrogens (tertiary/aromatic N) is 1. The molecule has 0 unspecified atom stereocenters. The molecule has 1 aliphatic heterocycles. The van der Waals surface area contributed by atoms with Crippen molar-refractivity contribution in [3.8, 4) is 0 Å². The number of amides is 4. The van der Waals surface area contributed by atoms with Gasteiger partial charge in [0.1, 0.15) is 11.4 Å². The fourth-order valence-electron chi connectivity index (χ4n) is 4.09. The van der Waals surface area contributed by atoms with E-state index in [0.29, 0.717) is 18.8 Å². The highest BCUT2D eigenvalue weighted by Gasteiger charge is 2.52. The van der Waals surface area contributed by atoms with Crippen molar-refractivity contribution in [2.45, 2.75) is 58.0 Å². The molecule has 0 bridgehead atoms. The zero-order valence-corrected chi connectivity index (χ0v) is 17.1. The first-order valence-corrected chi connectivity index (χ1v) is 10.2. The third kappa shape index (κ3) is 4.58. The second-order valence-electron chi connectivity index (χ2n) is 8.52. The number of benzene rings is 1. The standard InChI is InChI=1S/C21H29FN4O3/c1-13(2)18(15-4-6-16(22)7-5-15)23-12-17(27)25-26-19(28)21(24-20(26)29)10-8-14(3)9-11-21/h4-7,13-14,18,23H,8-12H2,1-3H3,(H,24,29)(H,25,27)/t14?,18-,21?/m0/s1. The molecule has 1 aromatic rings. The van der Waals surface area contributed by atoms with E-state index < -0.39 is 17.5 Å². The molecule has 0 aromatic heterocycles. The van der Waals surface area contributed by atoms with Crippen LogP contribution in [0.15, 0.2) is 24.3 Å². The van der Waals surface area contributed by atoms with E-state index in [1.165, 1.54) is 12.1 Å². The van der Waals surface area contributed by atoms with Gasteiger partial charge in [0.15, 0.2) is 0 Å². The molecule has 2 aliphatic rings. The monoisotopic (exact) mass is 404 g/mol. The zero-order chi connectivity index (χ0) is 21.2. The van der Waals surface area contributed by atoms with Crippen LogP contribution in [0.1, 0.15) is 58.1 Å². The van der Waals surface area contributed by atoms with Crippen LogP contribution in [0.4, 0.5) is 9.18 Å². The van der Waals surface area contributed by atoms with Gasteiger partial charge < -0.3 is 10.6 Å². The van der Waals surface area contributed by atoms with Crippen molar-refractivity contribution in [1.29, 1.82) is 0 Å². The lowest BCUT2D eigenvalue weighted by molar-refractivity contribution is -0.139. The fourth-order valence-corrected chi connectivity index (χ4v) is 4.09. The number of halogens is 1. The normalized spacial score (nSPS) is 25.4. The topological polar surface area (TPSA) is 90.5 Å². The van der Waals surface area contributed by atoms with Gasteiger partial charge in [-0.1, -0.05) is 32.9 Å². The molecule has 1 aromatic carbocycles. The second-order valence-corrected chi connectivity index (χ2v) is 8.52. The number of carbonyl (C=O) groups excluding carboxylic acids is 3. The lowest BCUT2D eigenvalue weighted by Gasteiger charge is -2.33. The minimum Gasteiger partial charge on any atom is -0.322 e. The van der Waals surface area contributed by atoms with Crippen LogP contribution in [0.2, 0.25) is 0 Å². The van der Waals surface area contributed by atoms with Gasteiger partial charge in [0, 0.05) is 6.04 Å². The van der Waals surface area contributed by atoms with E-state index in [1.807, 2.05) is 13.8 Å². The van der Waals surface area contributed by atoms with Crippen LogP contribution in [0, 0.1) is 17.7 Å². The summed E-state index contributed by atoms with van der Waals surface area (Å²) in [7, 11) is 0. The molecular formula is C21H29FN4O3. The average Bonchev–Trinajstić information content (AvgIpc) is 2.90. The van der Waals surface area contributed by atoms with Gasteiger partial charge in [-0.25, -0.2) is 9.18 Å². The molecule has 1 saturated carbocycles. The highest BCUT2D eigenvalue weighted by Crippen LogP contribution is 2.35. The molecule has 1 heterocycles. The zero-order valence-electron chi connectivity index (χ0n) is 17.1. The molecule has 2 fully saturated rings. The van der Waals surface area contributed by atoms with Crippen LogP contribution in [0.3, 0.4) is 0 Å². The minimum atomic E-state index is -0.890. The molecule has 7 nitrogen and oxygen atoms in total. The molecule has 4 amide bonds. The van der Waals surface area contributed by atoms with E-state index in [9.17, 15) is 18.8 Å². The summed E-state index contributed by atoms with van der Waals surface area (Å²) in [6.45, 7) is 6.03. The van der Waals surface area contributed by atoms with Crippen molar-refractivity contribution in [3.05, 3.63) is 35.6 Å². The molecule has 3 N–H and O–H groups in total. The van der Waals surface area contributed by atoms with Crippen LogP contribution in [0.25, 0.3) is 0 Å². The van der Waals surface area contributed by atoms with E-state index >= 15 is 0 Å². The van der Waals surface area contributed by atoms with Crippen LogP contribution < -0.4 is 16.1 Å². The number of hydrogen-bond acceptors (Lipinski definition) is 4. The molecule has 1 spiro atoms. The van der Waals surface area contributed by atoms with Gasteiger partial charge in [0.25, 0.3) is 11.8 Å². The van der Waals surface area contributed by atoms with Gasteiger partial charge in [-0.2, -0.15) is 5.01 Å². The highest BCUT2D eigenvalue weighted by molar-refractivity contribution is 6.08. The van der Waals surface area contributed by atoms with Crippen molar-refractivity contribution in [1.82, 2.24) is 21.1 Å². The molecular weight excluding hydrogens is 375 g/mol. The van der Waals surface area contributed by atoms with Gasteiger partial charge >= 0.3 is 6.03 Å². The number of urea groups is 1. The Morgan fingerprint density at radius 2 is 1.86 bits per heavy atom. The van der Waals surface area contributed by atoms with E-state index in [4.69, 9.17) is 0 Å². The molecule has 0 radical (unpaired) electrons. The van der Waals surface area contributed by atoms with Crippen LogP contribution in [-0.2, 0) is 9.59 Å². The predicted octanol–water partition coefficient (Wildman–Crippen LogP) is 2.64. The minimum absolute atomic E-state index is 0.0820. The third-order valence-electron chi connectivity index (χ3n) is 5.90. The van der Waals surface area contributed by atoms with Crippen molar-refractivity contribution < 1.29 is 18.8 Å². The summed E-state index contributed by atoms with van der Waals surface area (Å²) in [6.07, 6.45) is 2.90. The van der Waals surface area contributed by atoms with Gasteiger partial charge in [0.05, 0.1) is 6.54 Å². The Kier molecular flexibility index (Phi) is 6.21. The Morgan fingerprint density at radius 3 is 2.45 bits per heavy atom. The number of hydrogen-bond donors (Lipinski definition) is 3. The summed E-state index contributed by atoms with van der Waals surface area (Å²) in [5.74, 6) is -0.516. The molecule has 1 aliphatic carbocycles. The lowest BCUT2D eigenvalue weighted by Crippen LogP contribution is -2.52. The van der Waals surface area contributed by atoms with Gasteiger partial charge in [-0.15, -0.1) is 0 Å². The summed E-state index contributed by atoms with van der Waals surface area (Å²) in [5.41, 5.74) is 2.40. The van der Waals surface area contributed by atoms with Crippen molar-refractivity contribution >= 4 is 17.8 Å². The first-order chi connectivity index (χ1) is 13.7. The summed E-state index contributed by atoms with van der Waals surface area (Å²) in [4.78, 5) is 37.5. The largest absolute Gasteiger partial charge is 0.344 e. The van der Waals surface area contributed by atoms with E-state index in [0.717, 1.165) is 23.4 Å². The maximum atomic E-state index is 13.2. The predicted molar refractivity (Wildman–Crippen MR) is 106 cm³/mol. The number of carbonyl (C=O) groups is 3. The maximum Gasteiger partial charge on any atom is 0.344 e. The Bertz CT molecular complexity index is 773. The van der Waals surface area contributed by atoms with Crippen LogP contribution >= 0.6 is 0 Å². The molecule has 29 heavy (non-hydrogen) atoms. The Morgan fingerprint density at radius 1 is 1.24 bits per heavy atom. The number of nitrogens with one attached hydrogen (secondary N) is 3. The quantitative estimate of drug-likeness (QED) is 0.636. The summed E-state index contributed by atoms with van der Waals surface area (Å²) < 4.78 is 13.2. The molecule has 3 rings (SSSR count). The smallest absolute Gasteiger partial charge is 0.322 e. The maximum absolute atomic E-state index is 13.2. The van der Waals surface area contributed by atoms with Gasteiger partial charge in [0.2, 0.25) is 0 Å². The first kappa shape index (κ1) is 21.2. The van der Waals surface area contributed by atoms with E-state index in [1.54, 1.807) is 12.1 Å². The van der Waals surface area contributed by atoms with Crippen LogP contribution in [0.5, 0.6) is 0 Å². The molecule has 1 atom stereocenters. The number of imide groups is 1. The van der Waals surface area contributed by atoms with Gasteiger partial charge in [-0.3, -0.25) is 15.0 Å². The van der Waals surface area contributed by atoms with E-state index in [2.05, 4.69) is 23.0 Å². The second kappa shape index (κ2) is 8.49. The third-order valence-corrected chi connectivity index (χ3v) is 5.90. The Balaban J connectivity index is 1.59. The Hall–Kier alpha value is -2.48. The average molecular weight is 404 g/mol. The van der Waals surface area contributed by atoms with Crippen molar-refractivity contribution in [2.24, 2.45) is 11.8 Å². The summed E-state index contributed by atoms with van der Waals surface area (Å²) >= 11 is 0. The molecule has 8 heteroatoms. The SMILES string of the molecule is CC1CCC2(CC1)NC(=O)N(NC(=O)CN[C@H](c1ccc(F)cc1)C(C)C)C2=O. The van der Waals surface area contributed by atoms with E-state index in [-0.39, 0.29) is 30.2 Å². The molecule has 1 saturated heterocycles. The van der Waals surface area contributed by atoms with Gasteiger partial charge in [-0.05, 0) is 55.2 Å². The first-order valence-electron chi connectivity index (χ1n) is 10.2. The summed E-state index contributed by atoms with van der Waals surface area (Å²) in [6, 6.07) is 5.35. The van der Waals surface area contributed by atoms with Crippen molar-refractivity contribution in [3.63, 3.8) is 0 Å². The fraction of sp³-hybridized carbons (Fsp3) is 0.571. The summed E-state index contributed by atoms with van der Waals surface area (Å²) in [5, 5.41) is 6.71. The number of rotatable bonds is 6.